The van der Waals surface area contributed by atoms with Gasteiger partial charge in [0.2, 0.25) is 5.91 Å². The van der Waals surface area contributed by atoms with Gasteiger partial charge in [0.25, 0.3) is 0 Å². The van der Waals surface area contributed by atoms with E-state index in [0.29, 0.717) is 6.42 Å². The highest BCUT2D eigenvalue weighted by molar-refractivity contribution is 5.76. The summed E-state index contributed by atoms with van der Waals surface area (Å²) < 4.78 is 0. The molecule has 0 spiro atoms. The van der Waals surface area contributed by atoms with E-state index >= 15 is 0 Å². The van der Waals surface area contributed by atoms with E-state index in [-0.39, 0.29) is 12.5 Å². The van der Waals surface area contributed by atoms with Gasteiger partial charge in [0.15, 0.2) is 0 Å². The number of hydrogen-bond acceptors (Lipinski definition) is 3. The smallest absolute Gasteiger partial charge is 0.220 e. The number of rotatable bonds is 21. The highest BCUT2D eigenvalue weighted by atomic mass is 16.3. The maximum absolute atomic E-state index is 12.0. The molecule has 4 heteroatoms. The SMILES string of the molecule is CCCC/C=C/C(O)C(CO)NC(=O)CCCCCCCCCCCCCCC. The molecule has 0 aromatic carbocycles. The topological polar surface area (TPSA) is 69.6 Å². The summed E-state index contributed by atoms with van der Waals surface area (Å²) in [5.74, 6) is -0.0758. The number of allylic oxidation sites excluding steroid dienone is 1. The zero-order valence-electron chi connectivity index (χ0n) is 19.3. The Kier molecular flexibility index (Phi) is 21.2. The predicted molar refractivity (Wildman–Crippen MR) is 124 cm³/mol. The number of amides is 1. The van der Waals surface area contributed by atoms with Gasteiger partial charge >= 0.3 is 0 Å². The predicted octanol–water partition coefficient (Wildman–Crippen LogP) is 6.05. The normalized spacial score (nSPS) is 13.7. The molecule has 0 rings (SSSR count). The number of aliphatic hydroxyl groups excluding tert-OH is 2. The van der Waals surface area contributed by atoms with Gasteiger partial charge in [-0.2, -0.15) is 0 Å². The maximum Gasteiger partial charge on any atom is 0.220 e. The Morgan fingerprint density at radius 1 is 0.793 bits per heavy atom. The van der Waals surface area contributed by atoms with Gasteiger partial charge in [-0.15, -0.1) is 0 Å². The molecule has 0 aliphatic rings. The molecule has 0 bridgehead atoms. The first kappa shape index (κ1) is 28.1. The van der Waals surface area contributed by atoms with Crippen LogP contribution in [0.5, 0.6) is 0 Å². The van der Waals surface area contributed by atoms with E-state index in [1.165, 1.54) is 70.6 Å². The number of carbonyl (C=O) groups is 1. The Balaban J connectivity index is 3.59. The van der Waals surface area contributed by atoms with Crippen molar-refractivity contribution in [1.29, 1.82) is 0 Å². The van der Waals surface area contributed by atoms with Crippen molar-refractivity contribution in [3.8, 4) is 0 Å². The average molecular weight is 412 g/mol. The lowest BCUT2D eigenvalue weighted by atomic mass is 10.0. The number of aliphatic hydroxyl groups is 2. The van der Waals surface area contributed by atoms with Gasteiger partial charge in [-0.25, -0.2) is 0 Å². The zero-order valence-corrected chi connectivity index (χ0v) is 19.3. The molecule has 0 aromatic heterocycles. The Labute approximate surface area is 180 Å². The molecular weight excluding hydrogens is 362 g/mol. The van der Waals surface area contributed by atoms with Crippen LogP contribution in [0.2, 0.25) is 0 Å². The Morgan fingerprint density at radius 2 is 1.28 bits per heavy atom. The molecule has 4 nitrogen and oxygen atoms in total. The lowest BCUT2D eigenvalue weighted by Gasteiger charge is -2.19. The van der Waals surface area contributed by atoms with Gasteiger partial charge in [-0.3, -0.25) is 4.79 Å². The molecule has 172 valence electrons. The molecule has 2 atom stereocenters. The van der Waals surface area contributed by atoms with E-state index in [2.05, 4.69) is 19.2 Å². The van der Waals surface area contributed by atoms with Crippen molar-refractivity contribution < 1.29 is 15.0 Å². The lowest BCUT2D eigenvalue weighted by Crippen LogP contribution is -2.45. The summed E-state index contributed by atoms with van der Waals surface area (Å²) in [6, 6.07) is -0.609. The molecule has 0 radical (unpaired) electrons. The standard InChI is InChI=1S/C25H49NO3/c1-3-5-7-9-10-11-12-13-14-15-16-17-19-21-25(29)26-23(22-27)24(28)20-18-8-6-4-2/h18,20,23-24,27-28H,3-17,19,21-22H2,1-2H3,(H,26,29)/b20-18+. The number of unbranched alkanes of at least 4 members (excludes halogenated alkanes) is 14. The molecule has 0 saturated carbocycles. The third kappa shape index (κ3) is 18.9. The third-order valence-corrected chi connectivity index (χ3v) is 5.52. The first-order valence-corrected chi connectivity index (χ1v) is 12.4. The minimum Gasteiger partial charge on any atom is -0.394 e. The minimum absolute atomic E-state index is 0.0758. The first-order chi connectivity index (χ1) is 14.2. The van der Waals surface area contributed by atoms with Crippen LogP contribution in [-0.2, 0) is 4.79 Å². The molecule has 3 N–H and O–H groups in total. The summed E-state index contributed by atoms with van der Waals surface area (Å²) in [5, 5.41) is 22.3. The van der Waals surface area contributed by atoms with E-state index in [1.807, 2.05) is 6.08 Å². The maximum atomic E-state index is 12.0. The lowest BCUT2D eigenvalue weighted by molar-refractivity contribution is -0.123. The second-order valence-electron chi connectivity index (χ2n) is 8.41. The average Bonchev–Trinajstić information content (AvgIpc) is 2.72. The van der Waals surface area contributed by atoms with Crippen molar-refractivity contribution in [2.45, 2.75) is 135 Å². The van der Waals surface area contributed by atoms with Crippen molar-refractivity contribution >= 4 is 5.91 Å². The molecule has 0 aliphatic heterocycles. The summed E-state index contributed by atoms with van der Waals surface area (Å²) >= 11 is 0. The van der Waals surface area contributed by atoms with Gasteiger partial charge < -0.3 is 15.5 Å². The van der Waals surface area contributed by atoms with Gasteiger partial charge in [0.05, 0.1) is 18.8 Å². The Bertz CT molecular complexity index is 384. The quantitative estimate of drug-likeness (QED) is 0.159. The molecule has 0 aromatic rings. The fraction of sp³-hybridized carbons (Fsp3) is 0.880. The van der Waals surface area contributed by atoms with Crippen LogP contribution in [0.15, 0.2) is 12.2 Å². The molecule has 1 amide bonds. The van der Waals surface area contributed by atoms with E-state index in [1.54, 1.807) is 6.08 Å². The van der Waals surface area contributed by atoms with Crippen LogP contribution in [0, 0.1) is 0 Å². The van der Waals surface area contributed by atoms with Crippen LogP contribution in [0.1, 0.15) is 123 Å². The summed E-state index contributed by atoms with van der Waals surface area (Å²) in [4.78, 5) is 12.0. The highest BCUT2D eigenvalue weighted by Crippen LogP contribution is 2.13. The van der Waals surface area contributed by atoms with Gasteiger partial charge in [-0.05, 0) is 12.8 Å². The molecule has 0 aliphatic carbocycles. The molecule has 29 heavy (non-hydrogen) atoms. The summed E-state index contributed by atoms with van der Waals surface area (Å²) in [5.41, 5.74) is 0. The van der Waals surface area contributed by atoms with E-state index < -0.39 is 12.1 Å². The van der Waals surface area contributed by atoms with Crippen LogP contribution in [0.3, 0.4) is 0 Å². The highest BCUT2D eigenvalue weighted by Gasteiger charge is 2.17. The molecule has 0 heterocycles. The summed E-state index contributed by atoms with van der Waals surface area (Å²) in [6.07, 6.45) is 23.1. The second kappa shape index (κ2) is 21.8. The molecular formula is C25H49NO3. The fourth-order valence-electron chi connectivity index (χ4n) is 3.51. The van der Waals surface area contributed by atoms with Crippen LogP contribution < -0.4 is 5.32 Å². The fourth-order valence-corrected chi connectivity index (χ4v) is 3.51. The number of hydrogen-bond donors (Lipinski definition) is 3. The van der Waals surface area contributed by atoms with Gasteiger partial charge in [0, 0.05) is 6.42 Å². The van der Waals surface area contributed by atoms with Gasteiger partial charge in [-0.1, -0.05) is 116 Å². The van der Waals surface area contributed by atoms with Crippen molar-refractivity contribution in [3.05, 3.63) is 12.2 Å². The Hall–Kier alpha value is -0.870. The van der Waals surface area contributed by atoms with Crippen molar-refractivity contribution in [1.82, 2.24) is 5.32 Å². The van der Waals surface area contributed by atoms with Crippen LogP contribution >= 0.6 is 0 Å². The number of carbonyl (C=O) groups excluding carboxylic acids is 1. The second-order valence-corrected chi connectivity index (χ2v) is 8.41. The van der Waals surface area contributed by atoms with E-state index in [4.69, 9.17) is 0 Å². The molecule has 0 saturated heterocycles. The zero-order chi connectivity index (χ0) is 21.6. The van der Waals surface area contributed by atoms with Crippen LogP contribution in [-0.4, -0.2) is 34.9 Å². The van der Waals surface area contributed by atoms with Crippen molar-refractivity contribution in [3.63, 3.8) is 0 Å². The summed E-state index contributed by atoms with van der Waals surface area (Å²) in [6.45, 7) is 4.14. The van der Waals surface area contributed by atoms with Crippen molar-refractivity contribution in [2.24, 2.45) is 0 Å². The number of nitrogens with one attached hydrogen (secondary N) is 1. The first-order valence-electron chi connectivity index (χ1n) is 12.4. The van der Waals surface area contributed by atoms with Crippen molar-refractivity contribution in [2.75, 3.05) is 6.61 Å². The summed E-state index contributed by atoms with van der Waals surface area (Å²) in [7, 11) is 0. The van der Waals surface area contributed by atoms with Crippen LogP contribution in [0.25, 0.3) is 0 Å². The van der Waals surface area contributed by atoms with Crippen LogP contribution in [0.4, 0.5) is 0 Å². The van der Waals surface area contributed by atoms with E-state index in [9.17, 15) is 15.0 Å². The monoisotopic (exact) mass is 411 g/mol. The minimum atomic E-state index is -0.826. The van der Waals surface area contributed by atoms with Gasteiger partial charge in [0.1, 0.15) is 0 Å². The molecule has 2 unspecified atom stereocenters. The van der Waals surface area contributed by atoms with E-state index in [0.717, 1.165) is 32.1 Å². The Morgan fingerprint density at radius 3 is 1.76 bits per heavy atom. The third-order valence-electron chi connectivity index (χ3n) is 5.52. The molecule has 0 fully saturated rings. The largest absolute Gasteiger partial charge is 0.394 e.